The number of piperidine rings is 1. The molecule has 1 amide bonds. The molecule has 166 valence electrons. The number of likely N-dealkylation sites (tertiary alicyclic amines) is 1. The van der Waals surface area contributed by atoms with E-state index in [1.54, 1.807) is 0 Å². The second kappa shape index (κ2) is 14.2. The number of hydrogen-bond donors (Lipinski definition) is 1. The van der Waals surface area contributed by atoms with Crippen LogP contribution in [0.5, 0.6) is 0 Å². The highest BCUT2D eigenvalue weighted by Crippen LogP contribution is 2.18. The molecule has 2 heterocycles. The number of carbonyl (C=O) groups is 1. The Balaban J connectivity index is 0.00000210. The van der Waals surface area contributed by atoms with E-state index in [1.807, 2.05) is 11.0 Å². The number of halogens is 2. The summed E-state index contributed by atoms with van der Waals surface area (Å²) in [4.78, 5) is 17.0. The molecule has 0 aliphatic carbocycles. The first-order chi connectivity index (χ1) is 13.2. The summed E-state index contributed by atoms with van der Waals surface area (Å²) in [6.45, 7) is 6.31. The second-order valence-corrected chi connectivity index (χ2v) is 7.51. The molecule has 0 aromatic heterocycles. The van der Waals surface area contributed by atoms with Crippen molar-refractivity contribution in [3.63, 3.8) is 0 Å². The number of rotatable bonds is 8. The summed E-state index contributed by atoms with van der Waals surface area (Å²) in [7, 11) is 0. The van der Waals surface area contributed by atoms with E-state index in [9.17, 15) is 4.79 Å². The van der Waals surface area contributed by atoms with Crippen molar-refractivity contribution in [2.75, 3.05) is 45.9 Å². The zero-order valence-electron chi connectivity index (χ0n) is 17.0. The summed E-state index contributed by atoms with van der Waals surface area (Å²) < 4.78 is 11.7. The number of nitrogens with two attached hydrogens (primary N) is 1. The minimum atomic E-state index is -0.00603. The van der Waals surface area contributed by atoms with E-state index in [2.05, 4.69) is 29.2 Å². The summed E-state index contributed by atoms with van der Waals surface area (Å²) in [6.07, 6.45) is 3.48. The lowest BCUT2D eigenvalue weighted by atomic mass is 10.1. The maximum absolute atomic E-state index is 12.7. The maximum atomic E-state index is 12.7. The molecule has 0 bridgehead atoms. The molecule has 6 nitrogen and oxygen atoms in total. The molecule has 1 aromatic rings. The van der Waals surface area contributed by atoms with Crippen LogP contribution in [0.1, 0.15) is 31.2 Å². The standard InChI is InChI=1S/C21H33N3O3.2ClH/c22-9-4-13-26-19-7-10-24(11-8-19)21(25)15-20-17-23(12-14-27-20)16-18-5-2-1-3-6-18;;/h1-3,5-6,19-20H,4,7-17,22H2;2*1H. The molecule has 0 spiro atoms. The average Bonchev–Trinajstić information content (AvgIpc) is 2.70. The van der Waals surface area contributed by atoms with Crippen molar-refractivity contribution in [1.29, 1.82) is 0 Å². The summed E-state index contributed by atoms with van der Waals surface area (Å²) in [5, 5.41) is 0. The van der Waals surface area contributed by atoms with Crippen LogP contribution in [0.4, 0.5) is 0 Å². The van der Waals surface area contributed by atoms with Gasteiger partial charge in [-0.1, -0.05) is 30.3 Å². The average molecular weight is 448 g/mol. The third-order valence-corrected chi connectivity index (χ3v) is 5.37. The number of hydrogen-bond acceptors (Lipinski definition) is 5. The van der Waals surface area contributed by atoms with Gasteiger partial charge in [-0.05, 0) is 31.4 Å². The quantitative estimate of drug-likeness (QED) is 0.619. The lowest BCUT2D eigenvalue weighted by molar-refractivity contribution is -0.138. The van der Waals surface area contributed by atoms with Gasteiger partial charge in [-0.15, -0.1) is 24.8 Å². The Bertz CT molecular complexity index is 572. The van der Waals surface area contributed by atoms with Crippen LogP contribution in [0.25, 0.3) is 0 Å². The topological polar surface area (TPSA) is 68.0 Å². The second-order valence-electron chi connectivity index (χ2n) is 7.51. The van der Waals surface area contributed by atoms with Crippen molar-refractivity contribution in [3.8, 4) is 0 Å². The van der Waals surface area contributed by atoms with Gasteiger partial charge in [0.1, 0.15) is 0 Å². The van der Waals surface area contributed by atoms with Gasteiger partial charge in [0, 0.05) is 39.3 Å². The van der Waals surface area contributed by atoms with Gasteiger partial charge in [-0.25, -0.2) is 0 Å². The Labute approximate surface area is 186 Å². The molecule has 3 rings (SSSR count). The fourth-order valence-corrected chi connectivity index (χ4v) is 3.82. The summed E-state index contributed by atoms with van der Waals surface area (Å²) in [6, 6.07) is 10.5. The molecule has 8 heteroatoms. The van der Waals surface area contributed by atoms with Gasteiger partial charge in [0.15, 0.2) is 0 Å². The molecule has 29 heavy (non-hydrogen) atoms. The zero-order valence-corrected chi connectivity index (χ0v) is 18.7. The van der Waals surface area contributed by atoms with Crippen LogP contribution in [0.3, 0.4) is 0 Å². The molecule has 2 aliphatic heterocycles. The molecule has 2 fully saturated rings. The van der Waals surface area contributed by atoms with E-state index in [0.29, 0.717) is 19.6 Å². The van der Waals surface area contributed by atoms with Gasteiger partial charge >= 0.3 is 0 Å². The van der Waals surface area contributed by atoms with Crippen LogP contribution in [0, 0.1) is 0 Å². The first-order valence-electron chi connectivity index (χ1n) is 10.2. The van der Waals surface area contributed by atoms with Crippen LogP contribution in [-0.4, -0.2) is 73.9 Å². The fourth-order valence-electron chi connectivity index (χ4n) is 3.82. The van der Waals surface area contributed by atoms with Gasteiger partial charge in [-0.3, -0.25) is 9.69 Å². The molecule has 2 N–H and O–H groups in total. The number of nitrogens with zero attached hydrogens (tertiary/aromatic N) is 2. The summed E-state index contributed by atoms with van der Waals surface area (Å²) in [5.74, 6) is 0.210. The molecule has 2 saturated heterocycles. The monoisotopic (exact) mass is 447 g/mol. The van der Waals surface area contributed by atoms with Gasteiger partial charge < -0.3 is 20.1 Å². The molecule has 1 unspecified atom stereocenters. The summed E-state index contributed by atoms with van der Waals surface area (Å²) in [5.41, 5.74) is 6.81. The highest BCUT2D eigenvalue weighted by molar-refractivity contribution is 5.85. The Hall–Kier alpha value is -0.890. The lowest BCUT2D eigenvalue weighted by Gasteiger charge is -2.35. The van der Waals surface area contributed by atoms with E-state index >= 15 is 0 Å². The van der Waals surface area contributed by atoms with Crippen molar-refractivity contribution in [1.82, 2.24) is 9.80 Å². The fraction of sp³-hybridized carbons (Fsp3) is 0.667. The number of amides is 1. The van der Waals surface area contributed by atoms with E-state index in [1.165, 1.54) is 5.56 Å². The van der Waals surface area contributed by atoms with Crippen molar-refractivity contribution >= 4 is 30.7 Å². The Kier molecular flexibility index (Phi) is 12.8. The largest absolute Gasteiger partial charge is 0.378 e. The first kappa shape index (κ1) is 26.1. The third-order valence-electron chi connectivity index (χ3n) is 5.37. The number of benzene rings is 1. The number of ether oxygens (including phenoxy) is 2. The van der Waals surface area contributed by atoms with Crippen LogP contribution in [0.2, 0.25) is 0 Å². The van der Waals surface area contributed by atoms with Gasteiger partial charge in [0.25, 0.3) is 0 Å². The smallest absolute Gasteiger partial charge is 0.225 e. The van der Waals surface area contributed by atoms with Crippen LogP contribution >= 0.6 is 24.8 Å². The molecule has 0 radical (unpaired) electrons. The van der Waals surface area contributed by atoms with Crippen LogP contribution in [0.15, 0.2) is 30.3 Å². The third kappa shape index (κ3) is 8.79. The van der Waals surface area contributed by atoms with Crippen molar-refractivity contribution in [2.24, 2.45) is 5.73 Å². The lowest BCUT2D eigenvalue weighted by Crippen LogP contribution is -2.46. The van der Waals surface area contributed by atoms with Gasteiger partial charge in [-0.2, -0.15) is 0 Å². The molecular formula is C21H35Cl2N3O3. The van der Waals surface area contributed by atoms with Crippen LogP contribution < -0.4 is 5.73 Å². The highest BCUT2D eigenvalue weighted by Gasteiger charge is 2.28. The van der Waals surface area contributed by atoms with Gasteiger partial charge in [0.05, 0.1) is 25.2 Å². The Morgan fingerprint density at radius 1 is 1.14 bits per heavy atom. The van der Waals surface area contributed by atoms with Crippen molar-refractivity contribution < 1.29 is 14.3 Å². The highest BCUT2D eigenvalue weighted by atomic mass is 35.5. The maximum Gasteiger partial charge on any atom is 0.225 e. The van der Waals surface area contributed by atoms with E-state index in [0.717, 1.165) is 58.6 Å². The predicted molar refractivity (Wildman–Crippen MR) is 120 cm³/mol. The summed E-state index contributed by atoms with van der Waals surface area (Å²) >= 11 is 0. The number of carbonyl (C=O) groups excluding carboxylic acids is 1. The molecule has 0 saturated carbocycles. The Morgan fingerprint density at radius 3 is 2.55 bits per heavy atom. The van der Waals surface area contributed by atoms with Crippen molar-refractivity contribution in [3.05, 3.63) is 35.9 Å². The first-order valence-corrected chi connectivity index (χ1v) is 10.2. The van der Waals surface area contributed by atoms with E-state index in [4.69, 9.17) is 15.2 Å². The van der Waals surface area contributed by atoms with Gasteiger partial charge in [0.2, 0.25) is 5.91 Å². The predicted octanol–water partition coefficient (Wildman–Crippen LogP) is 2.48. The molecule has 1 atom stereocenters. The Morgan fingerprint density at radius 2 is 1.86 bits per heavy atom. The normalized spacial score (nSPS) is 20.6. The SMILES string of the molecule is Cl.Cl.NCCCOC1CCN(C(=O)CC2CN(Cc3ccccc3)CCO2)CC1. The van der Waals surface area contributed by atoms with E-state index < -0.39 is 0 Å². The minimum Gasteiger partial charge on any atom is -0.378 e. The molecule has 2 aliphatic rings. The van der Waals surface area contributed by atoms with Crippen LogP contribution in [-0.2, 0) is 20.8 Å². The number of morpholine rings is 1. The van der Waals surface area contributed by atoms with E-state index in [-0.39, 0.29) is 42.9 Å². The van der Waals surface area contributed by atoms with Crippen molar-refractivity contribution in [2.45, 2.75) is 44.4 Å². The zero-order chi connectivity index (χ0) is 18.9. The minimum absolute atomic E-state index is 0. The molecule has 1 aromatic carbocycles. The molecular weight excluding hydrogens is 413 g/mol.